The number of carbonyl (C=O) groups excluding carboxylic acids is 1. The summed E-state index contributed by atoms with van der Waals surface area (Å²) in [6, 6.07) is 5.62. The van der Waals surface area contributed by atoms with E-state index in [0.29, 0.717) is 10.8 Å². The predicted octanol–water partition coefficient (Wildman–Crippen LogP) is 3.37. The highest BCUT2D eigenvalue weighted by molar-refractivity contribution is 9.10. The highest BCUT2D eigenvalue weighted by Crippen LogP contribution is 2.30. The molecule has 0 radical (unpaired) electrons. The van der Waals surface area contributed by atoms with Crippen molar-refractivity contribution in [1.29, 1.82) is 0 Å². The van der Waals surface area contributed by atoms with Gasteiger partial charge >= 0.3 is 5.97 Å². The van der Waals surface area contributed by atoms with Gasteiger partial charge in [0.15, 0.2) is 5.13 Å². The van der Waals surface area contributed by atoms with Crippen LogP contribution in [0.25, 0.3) is 0 Å². The molecule has 2 aromatic rings. The zero-order chi connectivity index (χ0) is 14.5. The molecule has 1 heterocycles. The van der Waals surface area contributed by atoms with E-state index in [1.54, 1.807) is 7.11 Å². The monoisotopic (exact) mass is 356 g/mol. The van der Waals surface area contributed by atoms with Crippen LogP contribution in [0.5, 0.6) is 5.75 Å². The molecule has 20 heavy (non-hydrogen) atoms. The third kappa shape index (κ3) is 3.71. The molecule has 1 N–H and O–H groups in total. The van der Waals surface area contributed by atoms with Gasteiger partial charge in [0.05, 0.1) is 32.0 Å². The van der Waals surface area contributed by atoms with E-state index >= 15 is 0 Å². The smallest absolute Gasteiger partial charge is 0.311 e. The number of nitrogens with zero attached hydrogens (tertiary/aromatic N) is 1. The number of anilines is 2. The Morgan fingerprint density at radius 2 is 2.25 bits per heavy atom. The molecule has 0 atom stereocenters. The molecule has 2 rings (SSSR count). The highest BCUT2D eigenvalue weighted by Gasteiger charge is 2.09. The lowest BCUT2D eigenvalue weighted by atomic mass is 10.3. The number of hydrogen-bond donors (Lipinski definition) is 1. The van der Waals surface area contributed by atoms with Crippen molar-refractivity contribution in [2.45, 2.75) is 6.42 Å². The minimum Gasteiger partial charge on any atom is -0.497 e. The van der Waals surface area contributed by atoms with Gasteiger partial charge in [-0.2, -0.15) is 0 Å². The van der Waals surface area contributed by atoms with Crippen LogP contribution < -0.4 is 10.1 Å². The lowest BCUT2D eigenvalue weighted by Gasteiger charge is -2.07. The van der Waals surface area contributed by atoms with Crippen LogP contribution in [-0.4, -0.2) is 25.2 Å². The second kappa shape index (κ2) is 6.71. The van der Waals surface area contributed by atoms with Gasteiger partial charge in [0.1, 0.15) is 5.75 Å². The van der Waals surface area contributed by atoms with E-state index in [9.17, 15) is 4.79 Å². The number of benzene rings is 1. The number of carbonyl (C=O) groups is 1. The number of rotatable bonds is 5. The Morgan fingerprint density at radius 1 is 1.45 bits per heavy atom. The summed E-state index contributed by atoms with van der Waals surface area (Å²) in [6.45, 7) is 0. The Morgan fingerprint density at radius 3 is 2.95 bits per heavy atom. The molecule has 0 aliphatic heterocycles. The standard InChI is InChI=1S/C13H13BrN2O3S/c1-18-9-3-4-10(14)11(6-9)16-13-15-8(7-20-13)5-12(17)19-2/h3-4,6-7H,5H2,1-2H3,(H,15,16). The molecule has 0 spiro atoms. The molecule has 106 valence electrons. The largest absolute Gasteiger partial charge is 0.497 e. The van der Waals surface area contributed by atoms with Crippen LogP contribution in [0.3, 0.4) is 0 Å². The first kappa shape index (κ1) is 14.8. The van der Waals surface area contributed by atoms with Gasteiger partial charge in [0, 0.05) is 15.9 Å². The number of halogens is 1. The number of methoxy groups -OCH3 is 2. The van der Waals surface area contributed by atoms with Crippen molar-refractivity contribution in [3.8, 4) is 5.75 Å². The first-order valence-corrected chi connectivity index (χ1v) is 7.41. The molecule has 0 saturated carbocycles. The third-order valence-electron chi connectivity index (χ3n) is 2.52. The van der Waals surface area contributed by atoms with Crippen molar-refractivity contribution in [3.63, 3.8) is 0 Å². The van der Waals surface area contributed by atoms with Crippen molar-refractivity contribution < 1.29 is 14.3 Å². The van der Waals surface area contributed by atoms with Gasteiger partial charge in [-0.1, -0.05) is 0 Å². The summed E-state index contributed by atoms with van der Waals surface area (Å²) in [7, 11) is 2.98. The summed E-state index contributed by atoms with van der Waals surface area (Å²) in [5, 5.41) is 5.72. The molecule has 0 bridgehead atoms. The fourth-order valence-corrected chi connectivity index (χ4v) is 2.58. The van der Waals surface area contributed by atoms with Crippen LogP contribution in [0.15, 0.2) is 28.1 Å². The van der Waals surface area contributed by atoms with E-state index in [1.165, 1.54) is 18.4 Å². The van der Waals surface area contributed by atoms with Gasteiger partial charge in [0.2, 0.25) is 0 Å². The molecule has 0 saturated heterocycles. The Bertz CT molecular complexity index is 615. The summed E-state index contributed by atoms with van der Waals surface area (Å²) in [4.78, 5) is 15.5. The molecule has 0 amide bonds. The molecule has 0 aliphatic rings. The highest BCUT2D eigenvalue weighted by atomic mass is 79.9. The van der Waals surface area contributed by atoms with Gasteiger partial charge in [-0.05, 0) is 28.1 Å². The Balaban J connectivity index is 2.12. The van der Waals surface area contributed by atoms with Gasteiger partial charge in [0.25, 0.3) is 0 Å². The van der Waals surface area contributed by atoms with E-state index in [1.807, 2.05) is 23.6 Å². The maximum absolute atomic E-state index is 11.2. The molecule has 1 aromatic heterocycles. The van der Waals surface area contributed by atoms with Gasteiger partial charge in [-0.15, -0.1) is 11.3 Å². The van der Waals surface area contributed by atoms with Crippen molar-refractivity contribution in [2.75, 3.05) is 19.5 Å². The fraction of sp³-hybridized carbons (Fsp3) is 0.231. The van der Waals surface area contributed by atoms with Crippen molar-refractivity contribution in [2.24, 2.45) is 0 Å². The maximum atomic E-state index is 11.2. The summed E-state index contributed by atoms with van der Waals surface area (Å²) in [5.41, 5.74) is 1.53. The van der Waals surface area contributed by atoms with E-state index in [2.05, 4.69) is 31.0 Å². The topological polar surface area (TPSA) is 60.5 Å². The molecule has 5 nitrogen and oxygen atoms in total. The number of ether oxygens (including phenoxy) is 2. The third-order valence-corrected chi connectivity index (χ3v) is 4.02. The van der Waals surface area contributed by atoms with Crippen LogP contribution in [0.1, 0.15) is 5.69 Å². The zero-order valence-electron chi connectivity index (χ0n) is 11.0. The van der Waals surface area contributed by atoms with Crippen LogP contribution in [-0.2, 0) is 16.0 Å². The van der Waals surface area contributed by atoms with E-state index in [0.717, 1.165) is 15.9 Å². The lowest BCUT2D eigenvalue weighted by molar-refractivity contribution is -0.139. The number of hydrogen-bond acceptors (Lipinski definition) is 6. The number of thiazole rings is 1. The van der Waals surface area contributed by atoms with Crippen molar-refractivity contribution in [1.82, 2.24) is 4.98 Å². The normalized spacial score (nSPS) is 10.2. The quantitative estimate of drug-likeness (QED) is 0.832. The van der Waals surface area contributed by atoms with E-state index in [4.69, 9.17) is 4.74 Å². The van der Waals surface area contributed by atoms with E-state index < -0.39 is 0 Å². The average Bonchev–Trinajstić information content (AvgIpc) is 2.88. The van der Waals surface area contributed by atoms with Crippen LogP contribution in [0.2, 0.25) is 0 Å². The minimum absolute atomic E-state index is 0.175. The number of nitrogens with one attached hydrogen (secondary N) is 1. The van der Waals surface area contributed by atoms with Crippen molar-refractivity contribution >= 4 is 44.1 Å². The average molecular weight is 357 g/mol. The lowest BCUT2D eigenvalue weighted by Crippen LogP contribution is -2.04. The second-order valence-electron chi connectivity index (χ2n) is 3.87. The molecular formula is C13H13BrN2O3S. The molecule has 1 aromatic carbocycles. The van der Waals surface area contributed by atoms with Gasteiger partial charge < -0.3 is 14.8 Å². The molecule has 0 unspecified atom stereocenters. The van der Waals surface area contributed by atoms with Crippen LogP contribution >= 0.6 is 27.3 Å². The van der Waals surface area contributed by atoms with Gasteiger partial charge in [-0.3, -0.25) is 4.79 Å². The summed E-state index contributed by atoms with van der Waals surface area (Å²) in [5.74, 6) is 0.450. The first-order valence-electron chi connectivity index (χ1n) is 5.74. The summed E-state index contributed by atoms with van der Waals surface area (Å²) < 4.78 is 10.7. The van der Waals surface area contributed by atoms with E-state index in [-0.39, 0.29) is 12.4 Å². The molecule has 0 aliphatic carbocycles. The zero-order valence-corrected chi connectivity index (χ0v) is 13.4. The Kier molecular flexibility index (Phi) is 4.97. The Labute approximate surface area is 129 Å². The first-order chi connectivity index (χ1) is 9.62. The second-order valence-corrected chi connectivity index (χ2v) is 5.58. The molecule has 7 heteroatoms. The SMILES string of the molecule is COC(=O)Cc1csc(Nc2cc(OC)ccc2Br)n1. The summed E-state index contributed by atoms with van der Waals surface area (Å²) in [6.07, 6.45) is 0.175. The maximum Gasteiger partial charge on any atom is 0.311 e. The van der Waals surface area contributed by atoms with Gasteiger partial charge in [-0.25, -0.2) is 4.98 Å². The Hall–Kier alpha value is -1.60. The number of aromatic nitrogens is 1. The van der Waals surface area contributed by atoms with Crippen LogP contribution in [0, 0.1) is 0 Å². The predicted molar refractivity (Wildman–Crippen MR) is 81.8 cm³/mol. The minimum atomic E-state index is -0.301. The summed E-state index contributed by atoms with van der Waals surface area (Å²) >= 11 is 4.89. The fourth-order valence-electron chi connectivity index (χ4n) is 1.51. The molecular weight excluding hydrogens is 344 g/mol. The number of esters is 1. The van der Waals surface area contributed by atoms with Crippen LogP contribution in [0.4, 0.5) is 10.8 Å². The van der Waals surface area contributed by atoms with Crippen molar-refractivity contribution in [3.05, 3.63) is 33.7 Å². The molecule has 0 fully saturated rings.